The first kappa shape index (κ1) is 11.2. The molecule has 74 valence electrons. The Kier molecular flexibility index (Phi) is 4.08. The highest BCUT2D eigenvalue weighted by Gasteiger charge is 2.08. The van der Waals surface area contributed by atoms with Gasteiger partial charge in [-0.3, -0.25) is 0 Å². The summed E-state index contributed by atoms with van der Waals surface area (Å²) in [5.74, 6) is 0. The van der Waals surface area contributed by atoms with Crippen molar-refractivity contribution in [2.75, 3.05) is 0 Å². The van der Waals surface area contributed by atoms with Crippen LogP contribution < -0.4 is 0 Å². The molecule has 0 fully saturated rings. The van der Waals surface area contributed by atoms with Crippen LogP contribution >= 0.6 is 23.2 Å². The predicted octanol–water partition coefficient (Wildman–Crippen LogP) is 4.75. The second-order valence-electron chi connectivity index (χ2n) is 2.80. The van der Waals surface area contributed by atoms with Crippen molar-refractivity contribution in [3.05, 3.63) is 44.3 Å². The summed E-state index contributed by atoms with van der Waals surface area (Å²) in [6, 6.07) is 5.08. The maximum absolute atomic E-state index is 8.35. The molecule has 5 heteroatoms. The monoisotopic (exact) mass is 229 g/mol. The lowest BCUT2D eigenvalue weighted by molar-refractivity contribution is 0.693. The molecular weight excluding hydrogens is 221 g/mol. The van der Waals surface area contributed by atoms with Gasteiger partial charge in [0.1, 0.15) is 0 Å². The average Bonchev–Trinajstić information content (AvgIpc) is 2.19. The van der Waals surface area contributed by atoms with E-state index in [1.54, 1.807) is 12.1 Å². The molecule has 0 spiro atoms. The number of azide groups is 1. The Balaban J connectivity index is 3.05. The van der Waals surface area contributed by atoms with Gasteiger partial charge in [-0.05, 0) is 29.6 Å². The van der Waals surface area contributed by atoms with Crippen molar-refractivity contribution in [3.8, 4) is 0 Å². The molecule has 0 amide bonds. The molecule has 1 aromatic carbocycles. The van der Waals surface area contributed by atoms with E-state index in [0.717, 1.165) is 12.0 Å². The summed E-state index contributed by atoms with van der Waals surface area (Å²) in [6.45, 7) is 1.95. The summed E-state index contributed by atoms with van der Waals surface area (Å²) in [5.41, 5.74) is 9.24. The van der Waals surface area contributed by atoms with Crippen LogP contribution in [0.25, 0.3) is 10.4 Å². The van der Waals surface area contributed by atoms with Crippen LogP contribution in [0.1, 0.15) is 24.9 Å². The minimum atomic E-state index is -0.172. The lowest BCUT2D eigenvalue weighted by Gasteiger charge is -2.08. The van der Waals surface area contributed by atoms with Gasteiger partial charge in [-0.1, -0.05) is 41.3 Å². The molecule has 1 atom stereocenters. The molecule has 1 rings (SSSR count). The lowest BCUT2D eigenvalue weighted by Crippen LogP contribution is -1.92. The highest BCUT2D eigenvalue weighted by molar-refractivity contribution is 6.42. The maximum atomic E-state index is 8.35. The van der Waals surface area contributed by atoms with E-state index >= 15 is 0 Å². The van der Waals surface area contributed by atoms with Gasteiger partial charge in [0.2, 0.25) is 0 Å². The minimum absolute atomic E-state index is 0.172. The predicted molar refractivity (Wildman–Crippen MR) is 58.6 cm³/mol. The molecule has 0 radical (unpaired) electrons. The fraction of sp³-hybridized carbons (Fsp3) is 0.333. The molecule has 0 saturated carbocycles. The standard InChI is InChI=1S/C9H9Cl2N3/c1-2-9(13-14-12)6-3-4-7(10)8(11)5-6/h3-5,9H,2H2,1H3/t9-/m0/s1. The maximum Gasteiger partial charge on any atom is 0.0623 e. The zero-order valence-corrected chi connectivity index (χ0v) is 9.13. The van der Waals surface area contributed by atoms with Gasteiger partial charge in [-0.15, -0.1) is 0 Å². The smallest absolute Gasteiger partial charge is 0.0623 e. The van der Waals surface area contributed by atoms with Crippen LogP contribution in [0.15, 0.2) is 23.3 Å². The Morgan fingerprint density at radius 3 is 2.64 bits per heavy atom. The lowest BCUT2D eigenvalue weighted by atomic mass is 10.1. The van der Waals surface area contributed by atoms with Crippen LogP contribution in [-0.4, -0.2) is 0 Å². The molecule has 0 heterocycles. The third-order valence-corrected chi connectivity index (χ3v) is 2.65. The van der Waals surface area contributed by atoms with Crippen molar-refractivity contribution in [2.45, 2.75) is 19.4 Å². The molecule has 0 saturated heterocycles. The first-order chi connectivity index (χ1) is 6.69. The fourth-order valence-electron chi connectivity index (χ4n) is 1.17. The van der Waals surface area contributed by atoms with Gasteiger partial charge in [0.05, 0.1) is 16.1 Å². The Labute approximate surface area is 92.3 Å². The molecule has 0 aliphatic heterocycles. The van der Waals surface area contributed by atoms with E-state index in [1.807, 2.05) is 13.0 Å². The van der Waals surface area contributed by atoms with E-state index in [2.05, 4.69) is 10.0 Å². The molecule has 14 heavy (non-hydrogen) atoms. The van der Waals surface area contributed by atoms with E-state index in [0.29, 0.717) is 10.0 Å². The molecular formula is C9H9Cl2N3. The number of hydrogen-bond donors (Lipinski definition) is 0. The second-order valence-corrected chi connectivity index (χ2v) is 3.62. The Bertz CT molecular complexity index is 372. The summed E-state index contributed by atoms with van der Waals surface area (Å²) in [6.07, 6.45) is 0.738. The Morgan fingerprint density at radius 1 is 1.43 bits per heavy atom. The van der Waals surface area contributed by atoms with E-state index in [1.165, 1.54) is 0 Å². The highest BCUT2D eigenvalue weighted by atomic mass is 35.5. The average molecular weight is 230 g/mol. The molecule has 0 N–H and O–H groups in total. The van der Waals surface area contributed by atoms with E-state index in [4.69, 9.17) is 28.7 Å². The zero-order chi connectivity index (χ0) is 10.6. The molecule has 0 aromatic heterocycles. The minimum Gasteiger partial charge on any atom is -0.0859 e. The van der Waals surface area contributed by atoms with Crippen molar-refractivity contribution in [2.24, 2.45) is 5.11 Å². The molecule has 1 aromatic rings. The number of rotatable bonds is 3. The van der Waals surface area contributed by atoms with Gasteiger partial charge in [0, 0.05) is 4.91 Å². The summed E-state index contributed by atoms with van der Waals surface area (Å²) >= 11 is 11.6. The van der Waals surface area contributed by atoms with Crippen LogP contribution in [0.4, 0.5) is 0 Å². The van der Waals surface area contributed by atoms with E-state index < -0.39 is 0 Å². The zero-order valence-electron chi connectivity index (χ0n) is 7.61. The number of hydrogen-bond acceptors (Lipinski definition) is 1. The number of halogens is 2. The quantitative estimate of drug-likeness (QED) is 0.408. The summed E-state index contributed by atoms with van der Waals surface area (Å²) in [4.78, 5) is 2.78. The Morgan fingerprint density at radius 2 is 2.14 bits per heavy atom. The Hall–Kier alpha value is -0.890. The largest absolute Gasteiger partial charge is 0.0859 e. The van der Waals surface area contributed by atoms with Crippen LogP contribution in [0.5, 0.6) is 0 Å². The van der Waals surface area contributed by atoms with E-state index in [9.17, 15) is 0 Å². The van der Waals surface area contributed by atoms with Gasteiger partial charge >= 0.3 is 0 Å². The van der Waals surface area contributed by atoms with Crippen LogP contribution in [0.2, 0.25) is 10.0 Å². The first-order valence-corrected chi connectivity index (χ1v) is 4.93. The third-order valence-electron chi connectivity index (χ3n) is 1.91. The van der Waals surface area contributed by atoms with Crippen molar-refractivity contribution in [1.29, 1.82) is 0 Å². The SMILES string of the molecule is CC[C@H](N=[N+]=[N-])c1ccc(Cl)c(Cl)c1. The molecule has 0 aliphatic carbocycles. The van der Waals surface area contributed by atoms with Gasteiger partial charge < -0.3 is 0 Å². The summed E-state index contributed by atoms with van der Waals surface area (Å²) in [5, 5.41) is 4.65. The van der Waals surface area contributed by atoms with Crippen LogP contribution in [0, 0.1) is 0 Å². The molecule has 0 aliphatic rings. The third kappa shape index (κ3) is 2.55. The van der Waals surface area contributed by atoms with Crippen molar-refractivity contribution in [3.63, 3.8) is 0 Å². The normalized spacial score (nSPS) is 11.9. The second kappa shape index (κ2) is 5.11. The highest BCUT2D eigenvalue weighted by Crippen LogP contribution is 2.28. The van der Waals surface area contributed by atoms with Gasteiger partial charge in [-0.25, -0.2) is 0 Å². The number of nitrogens with zero attached hydrogens (tertiary/aromatic N) is 3. The van der Waals surface area contributed by atoms with Crippen LogP contribution in [-0.2, 0) is 0 Å². The van der Waals surface area contributed by atoms with Crippen molar-refractivity contribution in [1.82, 2.24) is 0 Å². The van der Waals surface area contributed by atoms with Crippen molar-refractivity contribution < 1.29 is 0 Å². The molecule has 3 nitrogen and oxygen atoms in total. The molecule has 0 bridgehead atoms. The molecule has 0 unspecified atom stereocenters. The van der Waals surface area contributed by atoms with Crippen molar-refractivity contribution >= 4 is 23.2 Å². The summed E-state index contributed by atoms with van der Waals surface area (Å²) < 4.78 is 0. The van der Waals surface area contributed by atoms with Gasteiger partial charge in [-0.2, -0.15) is 0 Å². The van der Waals surface area contributed by atoms with Gasteiger partial charge in [0.15, 0.2) is 0 Å². The van der Waals surface area contributed by atoms with Crippen LogP contribution in [0.3, 0.4) is 0 Å². The number of benzene rings is 1. The fourth-order valence-corrected chi connectivity index (χ4v) is 1.47. The summed E-state index contributed by atoms with van der Waals surface area (Å²) in [7, 11) is 0. The van der Waals surface area contributed by atoms with Gasteiger partial charge in [0.25, 0.3) is 0 Å². The van der Waals surface area contributed by atoms with E-state index in [-0.39, 0.29) is 6.04 Å². The first-order valence-electron chi connectivity index (χ1n) is 4.18. The topological polar surface area (TPSA) is 48.8 Å².